The Kier molecular flexibility index (Phi) is 2.68. The minimum atomic E-state index is -1.00. The zero-order chi connectivity index (χ0) is 13.2. The minimum Gasteiger partial charge on any atom is -0.478 e. The number of carboxylic acid groups (broad SMARTS) is 1. The Morgan fingerprint density at radius 3 is 2.58 bits per heavy atom. The average Bonchev–Trinajstić information content (AvgIpc) is 2.46. The van der Waals surface area contributed by atoms with Crippen molar-refractivity contribution in [3.8, 4) is 11.4 Å². The topological polar surface area (TPSA) is 63.1 Å². The number of para-hydroxylation sites is 1. The fourth-order valence-electron chi connectivity index (χ4n) is 1.98. The van der Waals surface area contributed by atoms with Crippen LogP contribution in [0.15, 0.2) is 54.7 Å². The van der Waals surface area contributed by atoms with E-state index < -0.39 is 5.97 Å². The first-order chi connectivity index (χ1) is 9.25. The van der Waals surface area contributed by atoms with Crippen molar-refractivity contribution < 1.29 is 9.90 Å². The Morgan fingerprint density at radius 2 is 1.84 bits per heavy atom. The van der Waals surface area contributed by atoms with E-state index in [1.54, 1.807) is 24.4 Å². The maximum atomic E-state index is 11.4. The summed E-state index contributed by atoms with van der Waals surface area (Å²) in [4.78, 5) is 20.0. The van der Waals surface area contributed by atoms with Crippen molar-refractivity contribution in [2.24, 2.45) is 0 Å². The lowest BCUT2D eigenvalue weighted by Crippen LogP contribution is -2.03. The molecule has 1 aromatic carbocycles. The summed E-state index contributed by atoms with van der Waals surface area (Å²) in [5.74, 6) is -1.00. The summed E-state index contributed by atoms with van der Waals surface area (Å²) in [6.07, 6.45) is 1.62. The van der Waals surface area contributed by atoms with Gasteiger partial charge in [0.15, 0.2) is 0 Å². The lowest BCUT2D eigenvalue weighted by molar-refractivity contribution is 0.0697. The van der Waals surface area contributed by atoms with Crippen molar-refractivity contribution in [2.45, 2.75) is 0 Å². The van der Waals surface area contributed by atoms with Gasteiger partial charge in [-0.15, -0.1) is 0 Å². The van der Waals surface area contributed by atoms with E-state index in [2.05, 4.69) is 9.97 Å². The molecule has 0 aliphatic heterocycles. The SMILES string of the molecule is O=C(O)c1cc2ccccc2nc1-c1ccccn1. The molecular formula is C15H10N2O2. The van der Waals surface area contributed by atoms with E-state index in [1.807, 2.05) is 30.3 Å². The molecule has 0 bridgehead atoms. The van der Waals surface area contributed by atoms with E-state index in [0.29, 0.717) is 11.4 Å². The number of aromatic carboxylic acids is 1. The van der Waals surface area contributed by atoms with Crippen molar-refractivity contribution in [3.63, 3.8) is 0 Å². The Bertz CT molecular complexity index is 754. The fraction of sp³-hybridized carbons (Fsp3) is 0. The number of fused-ring (bicyclic) bond motifs is 1. The molecule has 0 radical (unpaired) electrons. The van der Waals surface area contributed by atoms with Crippen LogP contribution in [0, 0.1) is 0 Å². The van der Waals surface area contributed by atoms with Crippen molar-refractivity contribution in [1.29, 1.82) is 0 Å². The molecule has 3 aromatic rings. The molecule has 0 amide bonds. The van der Waals surface area contributed by atoms with Crippen molar-refractivity contribution >= 4 is 16.9 Å². The maximum Gasteiger partial charge on any atom is 0.338 e. The molecule has 0 aliphatic rings. The molecule has 4 heteroatoms. The Labute approximate surface area is 109 Å². The number of carboxylic acids is 1. The third kappa shape index (κ3) is 2.04. The summed E-state index contributed by atoms with van der Waals surface area (Å²) in [5.41, 5.74) is 1.88. The smallest absolute Gasteiger partial charge is 0.338 e. The van der Waals surface area contributed by atoms with Crippen LogP contribution in [-0.4, -0.2) is 21.0 Å². The fourth-order valence-corrected chi connectivity index (χ4v) is 1.98. The van der Waals surface area contributed by atoms with Crippen LogP contribution in [0.5, 0.6) is 0 Å². The summed E-state index contributed by atoms with van der Waals surface area (Å²) < 4.78 is 0. The Morgan fingerprint density at radius 1 is 1.05 bits per heavy atom. The molecule has 92 valence electrons. The van der Waals surface area contributed by atoms with Gasteiger partial charge in [-0.25, -0.2) is 9.78 Å². The first kappa shape index (κ1) is 11.3. The normalized spacial score (nSPS) is 10.5. The summed E-state index contributed by atoms with van der Waals surface area (Å²) >= 11 is 0. The van der Waals surface area contributed by atoms with Crippen LogP contribution in [0.1, 0.15) is 10.4 Å². The second kappa shape index (κ2) is 4.49. The predicted octanol–water partition coefficient (Wildman–Crippen LogP) is 3.00. The zero-order valence-corrected chi connectivity index (χ0v) is 9.95. The number of aromatic nitrogens is 2. The number of hydrogen-bond acceptors (Lipinski definition) is 3. The van der Waals surface area contributed by atoms with E-state index in [1.165, 1.54) is 0 Å². The number of carbonyl (C=O) groups is 1. The van der Waals surface area contributed by atoms with Gasteiger partial charge in [0.2, 0.25) is 0 Å². The monoisotopic (exact) mass is 250 g/mol. The molecule has 3 rings (SSSR count). The molecule has 19 heavy (non-hydrogen) atoms. The average molecular weight is 250 g/mol. The summed E-state index contributed by atoms with van der Waals surface area (Å²) in [6, 6.07) is 14.4. The molecular weight excluding hydrogens is 240 g/mol. The van der Waals surface area contributed by atoms with Gasteiger partial charge in [-0.3, -0.25) is 4.98 Å². The van der Waals surface area contributed by atoms with Crippen LogP contribution in [-0.2, 0) is 0 Å². The van der Waals surface area contributed by atoms with Crippen molar-refractivity contribution in [1.82, 2.24) is 9.97 Å². The first-order valence-corrected chi connectivity index (χ1v) is 5.80. The van der Waals surface area contributed by atoms with Gasteiger partial charge in [-0.05, 0) is 24.3 Å². The second-order valence-corrected chi connectivity index (χ2v) is 4.10. The summed E-state index contributed by atoms with van der Waals surface area (Å²) in [5, 5.41) is 10.1. The number of benzene rings is 1. The van der Waals surface area contributed by atoms with Crippen LogP contribution in [0.25, 0.3) is 22.3 Å². The molecule has 0 spiro atoms. The third-order valence-electron chi connectivity index (χ3n) is 2.86. The zero-order valence-electron chi connectivity index (χ0n) is 9.95. The highest BCUT2D eigenvalue weighted by atomic mass is 16.4. The number of rotatable bonds is 2. The lowest BCUT2D eigenvalue weighted by atomic mass is 10.1. The van der Waals surface area contributed by atoms with E-state index in [4.69, 9.17) is 0 Å². The quantitative estimate of drug-likeness (QED) is 0.759. The minimum absolute atomic E-state index is 0.164. The summed E-state index contributed by atoms with van der Waals surface area (Å²) in [6.45, 7) is 0. The van der Waals surface area contributed by atoms with Gasteiger partial charge >= 0.3 is 5.97 Å². The second-order valence-electron chi connectivity index (χ2n) is 4.10. The van der Waals surface area contributed by atoms with Crippen LogP contribution in [0.3, 0.4) is 0 Å². The maximum absolute atomic E-state index is 11.4. The number of nitrogens with zero attached hydrogens (tertiary/aromatic N) is 2. The highest BCUT2D eigenvalue weighted by molar-refractivity contribution is 5.98. The van der Waals surface area contributed by atoms with Gasteiger partial charge in [0.1, 0.15) is 5.69 Å². The Hall–Kier alpha value is -2.75. The number of hydrogen-bond donors (Lipinski definition) is 1. The molecule has 0 fully saturated rings. The van der Waals surface area contributed by atoms with Gasteiger partial charge in [-0.1, -0.05) is 24.3 Å². The molecule has 0 aliphatic carbocycles. The van der Waals surface area contributed by atoms with Gasteiger partial charge < -0.3 is 5.11 Å². The lowest BCUT2D eigenvalue weighted by Gasteiger charge is -2.06. The third-order valence-corrected chi connectivity index (χ3v) is 2.86. The van der Waals surface area contributed by atoms with E-state index in [0.717, 1.165) is 10.9 Å². The summed E-state index contributed by atoms with van der Waals surface area (Å²) in [7, 11) is 0. The van der Waals surface area contributed by atoms with Gasteiger partial charge in [-0.2, -0.15) is 0 Å². The largest absolute Gasteiger partial charge is 0.478 e. The molecule has 0 atom stereocenters. The molecule has 4 nitrogen and oxygen atoms in total. The van der Waals surface area contributed by atoms with E-state index in [-0.39, 0.29) is 5.56 Å². The highest BCUT2D eigenvalue weighted by Gasteiger charge is 2.15. The van der Waals surface area contributed by atoms with Crippen LogP contribution < -0.4 is 0 Å². The first-order valence-electron chi connectivity index (χ1n) is 5.80. The molecule has 2 heterocycles. The van der Waals surface area contributed by atoms with Crippen LogP contribution >= 0.6 is 0 Å². The Balaban J connectivity index is 2.33. The van der Waals surface area contributed by atoms with Gasteiger partial charge in [0, 0.05) is 11.6 Å². The van der Waals surface area contributed by atoms with E-state index in [9.17, 15) is 9.90 Å². The molecule has 1 N–H and O–H groups in total. The van der Waals surface area contributed by atoms with Crippen LogP contribution in [0.2, 0.25) is 0 Å². The molecule has 2 aromatic heterocycles. The van der Waals surface area contributed by atoms with E-state index >= 15 is 0 Å². The predicted molar refractivity (Wildman–Crippen MR) is 71.9 cm³/mol. The molecule has 0 saturated heterocycles. The van der Waals surface area contributed by atoms with Gasteiger partial charge in [0.05, 0.1) is 16.8 Å². The highest BCUT2D eigenvalue weighted by Crippen LogP contribution is 2.24. The standard InChI is InChI=1S/C15H10N2O2/c18-15(19)11-9-10-5-1-2-6-12(10)17-14(11)13-7-3-4-8-16-13/h1-9H,(H,18,19). The van der Waals surface area contributed by atoms with Crippen molar-refractivity contribution in [3.05, 3.63) is 60.3 Å². The molecule has 0 saturated carbocycles. The van der Waals surface area contributed by atoms with Crippen LogP contribution in [0.4, 0.5) is 0 Å². The van der Waals surface area contributed by atoms with Gasteiger partial charge in [0.25, 0.3) is 0 Å². The van der Waals surface area contributed by atoms with Crippen molar-refractivity contribution in [2.75, 3.05) is 0 Å². The number of pyridine rings is 2. The molecule has 0 unspecified atom stereocenters.